The van der Waals surface area contributed by atoms with Gasteiger partial charge in [-0.1, -0.05) is 30.3 Å². The van der Waals surface area contributed by atoms with Gasteiger partial charge in [-0.2, -0.15) is 4.98 Å². The van der Waals surface area contributed by atoms with E-state index in [-0.39, 0.29) is 23.6 Å². The summed E-state index contributed by atoms with van der Waals surface area (Å²) in [5.41, 5.74) is 16.9. The van der Waals surface area contributed by atoms with Gasteiger partial charge in [0.15, 0.2) is 17.3 Å². The normalized spacial score (nSPS) is 14.7. The molecule has 1 unspecified atom stereocenters. The first-order valence-corrected chi connectivity index (χ1v) is 12.6. The second kappa shape index (κ2) is 11.2. The minimum absolute atomic E-state index is 0.101. The van der Waals surface area contributed by atoms with Crippen LogP contribution >= 0.6 is 0 Å². The Hall–Kier alpha value is -4.92. The number of ketones is 1. The number of ether oxygens (including phenoxy) is 2. The maximum atomic E-state index is 13.6. The van der Waals surface area contributed by atoms with Crippen LogP contribution in [-0.2, 0) is 12.8 Å². The number of fused-ring (bicyclic) bond motifs is 1. The van der Waals surface area contributed by atoms with Crippen LogP contribution < -0.4 is 20.9 Å². The second-order valence-electron chi connectivity index (χ2n) is 9.22. The van der Waals surface area contributed by atoms with Crippen LogP contribution in [0.5, 0.6) is 11.5 Å². The molecule has 0 aliphatic carbocycles. The van der Waals surface area contributed by atoms with Crippen molar-refractivity contribution < 1.29 is 14.3 Å². The highest BCUT2D eigenvalue weighted by Crippen LogP contribution is 2.36. The lowest BCUT2D eigenvalue weighted by Crippen LogP contribution is -2.32. The summed E-state index contributed by atoms with van der Waals surface area (Å²) in [7, 11) is 3.05. The van der Waals surface area contributed by atoms with Gasteiger partial charge in [0.2, 0.25) is 5.95 Å². The number of rotatable bonds is 8. The second-order valence-corrected chi connectivity index (χ2v) is 9.22. The van der Waals surface area contributed by atoms with Crippen molar-refractivity contribution in [1.82, 2.24) is 19.9 Å². The molecule has 0 saturated carbocycles. The van der Waals surface area contributed by atoms with Gasteiger partial charge in [0.25, 0.3) is 0 Å². The summed E-state index contributed by atoms with van der Waals surface area (Å²) in [4.78, 5) is 28.5. The predicted octanol–water partition coefficient (Wildman–Crippen LogP) is 3.99. The first kappa shape index (κ1) is 25.7. The number of nitrogen functional groups attached to an aromatic ring is 2. The molecule has 0 bridgehead atoms. The van der Waals surface area contributed by atoms with Crippen molar-refractivity contribution in [1.29, 1.82) is 0 Å². The lowest BCUT2D eigenvalue weighted by molar-refractivity contribution is 0.104. The number of carbonyl (C=O) groups is 1. The molecule has 0 fully saturated rings. The van der Waals surface area contributed by atoms with Crippen LogP contribution in [0, 0.1) is 0 Å². The van der Waals surface area contributed by atoms with Crippen LogP contribution in [-0.4, -0.2) is 46.4 Å². The van der Waals surface area contributed by atoms with Gasteiger partial charge in [0.1, 0.15) is 5.82 Å². The Kier molecular flexibility index (Phi) is 7.40. The van der Waals surface area contributed by atoms with Crippen molar-refractivity contribution in [3.05, 3.63) is 113 Å². The zero-order valence-electron chi connectivity index (χ0n) is 21.9. The molecule has 1 aliphatic heterocycles. The SMILES string of the molecule is COc1cc(Cc2cnc(N)nc2N)cc(C(=O)/C=C/N2CCc3ccccc3C2c2ccccn2)c1OC. The lowest BCUT2D eigenvalue weighted by Gasteiger charge is -2.36. The Morgan fingerprint density at radius 3 is 2.64 bits per heavy atom. The van der Waals surface area contributed by atoms with Gasteiger partial charge in [-0.25, -0.2) is 4.98 Å². The molecule has 0 amide bonds. The van der Waals surface area contributed by atoms with E-state index >= 15 is 0 Å². The standard InChI is InChI=1S/C30H30N6O3/c1-38-26-17-19(15-21-18-34-30(32)35-29(21)31)16-23(28(26)39-2)25(37)11-14-36-13-10-20-7-3-4-8-22(20)27(36)24-9-5-6-12-33-24/h3-9,11-12,14,16-18,27H,10,13,15H2,1-2H3,(H4,31,32,34,35)/b14-11+. The number of allylic oxidation sites excluding steroid dienone is 1. The summed E-state index contributed by atoms with van der Waals surface area (Å²) in [5, 5.41) is 0. The number of methoxy groups -OCH3 is 2. The topological polar surface area (TPSA) is 129 Å². The molecule has 2 aromatic heterocycles. The monoisotopic (exact) mass is 522 g/mol. The van der Waals surface area contributed by atoms with E-state index in [0.717, 1.165) is 24.2 Å². The van der Waals surface area contributed by atoms with Crippen molar-refractivity contribution in [2.75, 3.05) is 32.2 Å². The highest BCUT2D eigenvalue weighted by Gasteiger charge is 2.28. The van der Waals surface area contributed by atoms with Crippen molar-refractivity contribution in [2.45, 2.75) is 18.9 Å². The predicted molar refractivity (Wildman–Crippen MR) is 150 cm³/mol. The van der Waals surface area contributed by atoms with Gasteiger partial charge < -0.3 is 25.8 Å². The van der Waals surface area contributed by atoms with Crippen LogP contribution in [0.4, 0.5) is 11.8 Å². The maximum absolute atomic E-state index is 13.6. The van der Waals surface area contributed by atoms with Crippen LogP contribution in [0.2, 0.25) is 0 Å². The minimum atomic E-state index is -0.216. The summed E-state index contributed by atoms with van der Waals surface area (Å²) in [6, 6.07) is 17.8. The maximum Gasteiger partial charge on any atom is 0.221 e. The number of anilines is 2. The van der Waals surface area contributed by atoms with Crippen molar-refractivity contribution in [3.63, 3.8) is 0 Å². The van der Waals surface area contributed by atoms with E-state index in [1.165, 1.54) is 25.3 Å². The molecule has 1 aliphatic rings. The van der Waals surface area contributed by atoms with E-state index in [1.807, 2.05) is 36.5 Å². The summed E-state index contributed by atoms with van der Waals surface area (Å²) < 4.78 is 11.2. The third-order valence-corrected chi connectivity index (χ3v) is 6.82. The lowest BCUT2D eigenvalue weighted by atomic mass is 9.90. The minimum Gasteiger partial charge on any atom is -0.493 e. The Labute approximate surface area is 227 Å². The van der Waals surface area contributed by atoms with Gasteiger partial charge in [0.05, 0.1) is 31.5 Å². The van der Waals surface area contributed by atoms with Crippen molar-refractivity contribution in [3.8, 4) is 11.5 Å². The van der Waals surface area contributed by atoms with E-state index in [2.05, 4.69) is 38.1 Å². The van der Waals surface area contributed by atoms with E-state index in [9.17, 15) is 4.79 Å². The Morgan fingerprint density at radius 1 is 1.08 bits per heavy atom. The van der Waals surface area contributed by atoms with E-state index in [4.69, 9.17) is 20.9 Å². The molecular weight excluding hydrogens is 492 g/mol. The van der Waals surface area contributed by atoms with E-state index < -0.39 is 0 Å². The molecular formula is C30H30N6O3. The molecule has 2 aromatic carbocycles. The van der Waals surface area contributed by atoms with Crippen LogP contribution in [0.1, 0.15) is 44.3 Å². The zero-order valence-corrected chi connectivity index (χ0v) is 21.9. The van der Waals surface area contributed by atoms with Gasteiger partial charge in [-0.3, -0.25) is 9.78 Å². The van der Waals surface area contributed by atoms with Gasteiger partial charge in [-0.15, -0.1) is 0 Å². The fraction of sp³-hybridized carbons (Fsp3) is 0.200. The summed E-state index contributed by atoms with van der Waals surface area (Å²) in [6.07, 6.45) is 8.06. The quantitative estimate of drug-likeness (QED) is 0.261. The molecule has 5 rings (SSSR count). The largest absolute Gasteiger partial charge is 0.493 e. The Bertz CT molecular complexity index is 1520. The Morgan fingerprint density at radius 2 is 1.90 bits per heavy atom. The molecule has 9 nitrogen and oxygen atoms in total. The molecule has 4 aromatic rings. The first-order valence-electron chi connectivity index (χ1n) is 12.6. The molecule has 3 heterocycles. The highest BCUT2D eigenvalue weighted by molar-refractivity contribution is 6.07. The number of hydrogen-bond acceptors (Lipinski definition) is 9. The number of benzene rings is 2. The summed E-state index contributed by atoms with van der Waals surface area (Å²) >= 11 is 0. The first-order chi connectivity index (χ1) is 19.0. The number of pyridine rings is 1. The van der Waals surface area contributed by atoms with E-state index in [1.54, 1.807) is 24.5 Å². The summed E-state index contributed by atoms with van der Waals surface area (Å²) in [6.45, 7) is 0.749. The molecule has 1 atom stereocenters. The van der Waals surface area contributed by atoms with Gasteiger partial charge in [0, 0.05) is 43.2 Å². The Balaban J connectivity index is 1.48. The zero-order chi connectivity index (χ0) is 27.4. The fourth-order valence-electron chi connectivity index (χ4n) is 4.96. The average molecular weight is 523 g/mol. The number of nitrogens with two attached hydrogens (primary N) is 2. The average Bonchev–Trinajstić information content (AvgIpc) is 2.96. The van der Waals surface area contributed by atoms with Gasteiger partial charge in [-0.05, 0) is 47.4 Å². The third-order valence-electron chi connectivity index (χ3n) is 6.82. The van der Waals surface area contributed by atoms with Crippen LogP contribution in [0.3, 0.4) is 0 Å². The van der Waals surface area contributed by atoms with E-state index in [0.29, 0.717) is 29.0 Å². The summed E-state index contributed by atoms with van der Waals surface area (Å²) in [5.74, 6) is 0.986. The molecule has 0 saturated heterocycles. The number of aromatic nitrogens is 3. The van der Waals surface area contributed by atoms with Crippen LogP contribution in [0.15, 0.2) is 79.3 Å². The molecule has 4 N–H and O–H groups in total. The van der Waals surface area contributed by atoms with Crippen molar-refractivity contribution in [2.24, 2.45) is 0 Å². The molecule has 39 heavy (non-hydrogen) atoms. The highest BCUT2D eigenvalue weighted by atomic mass is 16.5. The number of hydrogen-bond donors (Lipinski definition) is 2. The smallest absolute Gasteiger partial charge is 0.221 e. The van der Waals surface area contributed by atoms with Gasteiger partial charge >= 0.3 is 0 Å². The fourth-order valence-corrected chi connectivity index (χ4v) is 4.96. The third kappa shape index (κ3) is 5.38. The van der Waals surface area contributed by atoms with Crippen molar-refractivity contribution >= 4 is 17.5 Å². The molecule has 9 heteroatoms. The molecule has 198 valence electrons. The van der Waals surface area contributed by atoms with Crippen LogP contribution in [0.25, 0.3) is 0 Å². The number of nitrogens with zero attached hydrogens (tertiary/aromatic N) is 4. The number of carbonyl (C=O) groups excluding carboxylic acids is 1. The molecule has 0 radical (unpaired) electrons. The molecule has 0 spiro atoms.